The number of hydrogen-bond donors (Lipinski definition) is 2. The van der Waals surface area contributed by atoms with Crippen LogP contribution in [0.1, 0.15) is 26.0 Å². The van der Waals surface area contributed by atoms with E-state index in [-0.39, 0.29) is 5.54 Å². The zero-order chi connectivity index (χ0) is 7.61. The van der Waals surface area contributed by atoms with Gasteiger partial charge in [-0.2, -0.15) is 15.4 Å². The van der Waals surface area contributed by atoms with Crippen molar-refractivity contribution in [3.05, 3.63) is 11.9 Å². The van der Waals surface area contributed by atoms with E-state index in [1.165, 1.54) is 0 Å². The molecule has 56 valence electrons. The van der Waals surface area contributed by atoms with E-state index in [2.05, 4.69) is 15.4 Å². The summed E-state index contributed by atoms with van der Waals surface area (Å²) < 4.78 is 0. The van der Waals surface area contributed by atoms with Crippen molar-refractivity contribution in [2.45, 2.75) is 25.8 Å². The first kappa shape index (κ1) is 7.21. The predicted octanol–water partition coefficient (Wildman–Crippen LogP) is 0.389. The summed E-state index contributed by atoms with van der Waals surface area (Å²) in [4.78, 5) is 0. The fourth-order valence-electron chi connectivity index (χ4n) is 0.658. The Morgan fingerprint density at radius 3 is 2.90 bits per heavy atom. The van der Waals surface area contributed by atoms with Gasteiger partial charge in [0, 0.05) is 0 Å². The van der Waals surface area contributed by atoms with Gasteiger partial charge in [-0.15, -0.1) is 0 Å². The highest BCUT2D eigenvalue weighted by atomic mass is 15.3. The van der Waals surface area contributed by atoms with E-state index in [4.69, 9.17) is 5.73 Å². The highest BCUT2D eigenvalue weighted by Gasteiger charge is 2.20. The highest BCUT2D eigenvalue weighted by molar-refractivity contribution is 5.05. The number of rotatable bonds is 2. The number of nitrogens with zero attached hydrogens (tertiary/aromatic N) is 2. The molecule has 0 aromatic carbocycles. The Hall–Kier alpha value is -0.900. The fourth-order valence-corrected chi connectivity index (χ4v) is 0.658. The Morgan fingerprint density at radius 1 is 1.80 bits per heavy atom. The van der Waals surface area contributed by atoms with Crippen LogP contribution < -0.4 is 5.73 Å². The van der Waals surface area contributed by atoms with Gasteiger partial charge in [0.15, 0.2) is 0 Å². The lowest BCUT2D eigenvalue weighted by Gasteiger charge is -2.18. The Balaban J connectivity index is 2.85. The van der Waals surface area contributed by atoms with Crippen LogP contribution in [-0.2, 0) is 5.54 Å². The van der Waals surface area contributed by atoms with Crippen LogP contribution in [0, 0.1) is 0 Å². The Labute approximate surface area is 59.8 Å². The summed E-state index contributed by atoms with van der Waals surface area (Å²) in [6.07, 6.45) is 2.52. The van der Waals surface area contributed by atoms with Gasteiger partial charge in [-0.1, -0.05) is 6.92 Å². The molecule has 1 unspecified atom stereocenters. The normalized spacial score (nSPS) is 16.7. The minimum atomic E-state index is -0.340. The van der Waals surface area contributed by atoms with Gasteiger partial charge in [-0.05, 0) is 13.3 Å². The van der Waals surface area contributed by atoms with Crippen LogP contribution in [0.5, 0.6) is 0 Å². The van der Waals surface area contributed by atoms with E-state index in [1.54, 1.807) is 6.20 Å². The number of hydrogen-bond acceptors (Lipinski definition) is 3. The highest BCUT2D eigenvalue weighted by Crippen LogP contribution is 2.16. The predicted molar refractivity (Wildman–Crippen MR) is 38.2 cm³/mol. The van der Waals surface area contributed by atoms with Crippen LogP contribution in [0.2, 0.25) is 0 Å². The van der Waals surface area contributed by atoms with Crippen LogP contribution in [0.4, 0.5) is 0 Å². The number of aromatic nitrogens is 3. The van der Waals surface area contributed by atoms with E-state index in [1.807, 2.05) is 13.8 Å². The molecule has 1 rings (SSSR count). The molecule has 1 atom stereocenters. The molecule has 0 aliphatic rings. The Bertz CT molecular complexity index is 190. The molecule has 0 aliphatic carbocycles. The monoisotopic (exact) mass is 140 g/mol. The molecule has 1 aromatic heterocycles. The van der Waals surface area contributed by atoms with Crippen molar-refractivity contribution in [3.63, 3.8) is 0 Å². The third kappa shape index (κ3) is 1.16. The van der Waals surface area contributed by atoms with E-state index in [9.17, 15) is 0 Å². The van der Waals surface area contributed by atoms with Crippen molar-refractivity contribution in [2.75, 3.05) is 0 Å². The van der Waals surface area contributed by atoms with Gasteiger partial charge in [-0.25, -0.2) is 0 Å². The largest absolute Gasteiger partial charge is 0.320 e. The zero-order valence-corrected chi connectivity index (χ0v) is 6.26. The van der Waals surface area contributed by atoms with Crippen molar-refractivity contribution in [2.24, 2.45) is 5.73 Å². The molecular weight excluding hydrogens is 128 g/mol. The lowest BCUT2D eigenvalue weighted by atomic mass is 9.97. The third-order valence-electron chi connectivity index (χ3n) is 1.73. The van der Waals surface area contributed by atoms with E-state index < -0.39 is 0 Å². The van der Waals surface area contributed by atoms with E-state index in [0.29, 0.717) is 0 Å². The molecule has 1 heterocycles. The van der Waals surface area contributed by atoms with Gasteiger partial charge < -0.3 is 5.73 Å². The maximum absolute atomic E-state index is 5.86. The van der Waals surface area contributed by atoms with Gasteiger partial charge >= 0.3 is 0 Å². The van der Waals surface area contributed by atoms with E-state index in [0.717, 1.165) is 12.1 Å². The minimum absolute atomic E-state index is 0.340. The van der Waals surface area contributed by atoms with Crippen LogP contribution in [0.15, 0.2) is 6.20 Å². The average Bonchev–Trinajstić information content (AvgIpc) is 2.38. The number of aromatic amines is 1. The molecule has 3 N–H and O–H groups in total. The summed E-state index contributed by atoms with van der Waals surface area (Å²) in [5.41, 5.74) is 6.33. The smallest absolute Gasteiger partial charge is 0.102 e. The van der Waals surface area contributed by atoms with Crippen molar-refractivity contribution in [1.29, 1.82) is 0 Å². The molecule has 0 radical (unpaired) electrons. The van der Waals surface area contributed by atoms with Crippen LogP contribution in [0.25, 0.3) is 0 Å². The van der Waals surface area contributed by atoms with Gasteiger partial charge in [0.25, 0.3) is 0 Å². The lowest BCUT2D eigenvalue weighted by Crippen LogP contribution is -2.32. The first-order valence-corrected chi connectivity index (χ1v) is 3.32. The van der Waals surface area contributed by atoms with Gasteiger partial charge in [0.05, 0.1) is 11.7 Å². The Kier molecular flexibility index (Phi) is 1.72. The maximum Gasteiger partial charge on any atom is 0.102 e. The SMILES string of the molecule is CCC(C)(N)c1cn[nH]n1. The number of nitrogens with one attached hydrogen (secondary N) is 1. The van der Waals surface area contributed by atoms with Crippen molar-refractivity contribution in [1.82, 2.24) is 15.4 Å². The summed E-state index contributed by atoms with van der Waals surface area (Å²) in [5, 5.41) is 10.1. The quantitative estimate of drug-likeness (QED) is 0.624. The summed E-state index contributed by atoms with van der Waals surface area (Å²) in [5.74, 6) is 0. The molecule has 4 nitrogen and oxygen atoms in total. The van der Waals surface area contributed by atoms with Crippen LogP contribution in [-0.4, -0.2) is 15.4 Å². The summed E-state index contributed by atoms with van der Waals surface area (Å²) in [6, 6.07) is 0. The molecule has 0 fully saturated rings. The zero-order valence-electron chi connectivity index (χ0n) is 6.26. The standard InChI is InChI=1S/C6H12N4/c1-3-6(2,7)5-4-8-10-9-5/h4H,3,7H2,1-2H3,(H,8,9,10). The molecule has 10 heavy (non-hydrogen) atoms. The summed E-state index contributed by atoms with van der Waals surface area (Å²) >= 11 is 0. The molecule has 0 bridgehead atoms. The summed E-state index contributed by atoms with van der Waals surface area (Å²) in [6.45, 7) is 3.96. The van der Waals surface area contributed by atoms with Crippen LogP contribution >= 0.6 is 0 Å². The van der Waals surface area contributed by atoms with Gasteiger partial charge in [-0.3, -0.25) is 0 Å². The molecule has 1 aromatic rings. The second-order valence-corrected chi connectivity index (χ2v) is 2.63. The Morgan fingerprint density at radius 2 is 2.50 bits per heavy atom. The van der Waals surface area contributed by atoms with Crippen molar-refractivity contribution >= 4 is 0 Å². The molecule has 0 aliphatic heterocycles. The van der Waals surface area contributed by atoms with Gasteiger partial charge in [0.1, 0.15) is 5.69 Å². The third-order valence-corrected chi connectivity index (χ3v) is 1.73. The molecule has 0 saturated carbocycles. The number of H-pyrrole nitrogens is 1. The molecule has 0 saturated heterocycles. The first-order chi connectivity index (χ1) is 4.67. The fraction of sp³-hybridized carbons (Fsp3) is 0.667. The first-order valence-electron chi connectivity index (χ1n) is 3.32. The topological polar surface area (TPSA) is 67.6 Å². The lowest BCUT2D eigenvalue weighted by molar-refractivity contribution is 0.461. The molecule has 4 heteroatoms. The van der Waals surface area contributed by atoms with Crippen molar-refractivity contribution in [3.8, 4) is 0 Å². The van der Waals surface area contributed by atoms with E-state index >= 15 is 0 Å². The second kappa shape index (κ2) is 2.38. The molecular formula is C6H12N4. The van der Waals surface area contributed by atoms with Gasteiger partial charge in [0.2, 0.25) is 0 Å². The minimum Gasteiger partial charge on any atom is -0.320 e. The molecule has 0 amide bonds. The second-order valence-electron chi connectivity index (χ2n) is 2.63. The average molecular weight is 140 g/mol. The molecule has 0 spiro atoms. The maximum atomic E-state index is 5.86. The van der Waals surface area contributed by atoms with Crippen molar-refractivity contribution < 1.29 is 0 Å². The van der Waals surface area contributed by atoms with Crippen LogP contribution in [0.3, 0.4) is 0 Å². The summed E-state index contributed by atoms with van der Waals surface area (Å²) in [7, 11) is 0. The number of nitrogens with two attached hydrogens (primary N) is 1.